The average Bonchev–Trinajstić information content (AvgIpc) is 2.71. The Labute approximate surface area is 68.3 Å². The highest BCUT2D eigenvalue weighted by atomic mass is 15.3. The zero-order valence-electron chi connectivity index (χ0n) is 7.36. The summed E-state index contributed by atoms with van der Waals surface area (Å²) >= 11 is 0. The molecule has 1 radical (unpaired) electrons. The summed E-state index contributed by atoms with van der Waals surface area (Å²) in [6.45, 7) is 0. The molecule has 1 heterocycles. The minimum atomic E-state index is 1.50. The van der Waals surface area contributed by atoms with Crippen LogP contribution in [0.3, 0.4) is 0 Å². The van der Waals surface area contributed by atoms with Crippen LogP contribution in [0.2, 0.25) is 0 Å². The SMILES string of the molecule is C1=C[N]N=C1.CN.CN.CN. The maximum Gasteiger partial charge on any atom is 0.0511 e. The molecule has 0 aromatic heterocycles. The maximum atomic E-state index is 4.50. The fraction of sp³-hybridized carbons (Fsp3) is 0.500. The monoisotopic (exact) mass is 160 g/mol. The van der Waals surface area contributed by atoms with Gasteiger partial charge in [0.2, 0.25) is 0 Å². The van der Waals surface area contributed by atoms with Crippen LogP contribution in [0.4, 0.5) is 0 Å². The molecule has 0 amide bonds. The van der Waals surface area contributed by atoms with E-state index in [2.05, 4.69) is 27.7 Å². The average molecular weight is 160 g/mol. The molecule has 1 aliphatic heterocycles. The van der Waals surface area contributed by atoms with E-state index in [1.165, 1.54) is 21.1 Å². The highest BCUT2D eigenvalue weighted by molar-refractivity contribution is 5.72. The fourth-order valence-corrected chi connectivity index (χ4v) is 0.192. The third-order valence-electron chi connectivity index (χ3n) is 0.372. The van der Waals surface area contributed by atoms with Gasteiger partial charge >= 0.3 is 0 Å². The summed E-state index contributed by atoms with van der Waals surface area (Å²) in [5.41, 5.74) is 17.0. The Kier molecular flexibility index (Phi) is 53.6. The van der Waals surface area contributed by atoms with Gasteiger partial charge in [0.25, 0.3) is 0 Å². The van der Waals surface area contributed by atoms with E-state index in [1.807, 2.05) is 0 Å². The van der Waals surface area contributed by atoms with Gasteiger partial charge in [0.15, 0.2) is 0 Å². The zero-order valence-corrected chi connectivity index (χ0v) is 7.36. The predicted octanol–water partition coefficient (Wildman–Crippen LogP) is -1.17. The van der Waals surface area contributed by atoms with E-state index in [-0.39, 0.29) is 0 Å². The van der Waals surface area contributed by atoms with Crippen LogP contribution in [0.1, 0.15) is 0 Å². The normalized spacial score (nSPS) is 8.91. The Balaban J connectivity index is -0.0000000933. The van der Waals surface area contributed by atoms with E-state index in [0.29, 0.717) is 0 Å². The largest absolute Gasteiger partial charge is 0.333 e. The van der Waals surface area contributed by atoms with E-state index in [1.54, 1.807) is 18.5 Å². The lowest BCUT2D eigenvalue weighted by Crippen LogP contribution is -1.69. The number of hydrogen-bond acceptors (Lipinski definition) is 4. The van der Waals surface area contributed by atoms with E-state index in [9.17, 15) is 0 Å². The Hall–Kier alpha value is -0.910. The summed E-state index contributed by atoms with van der Waals surface area (Å²) in [5, 5.41) is 3.47. The van der Waals surface area contributed by atoms with Gasteiger partial charge in [0, 0.05) is 0 Å². The standard InChI is InChI=1S/C3H3N2.3CH5N/c1-2-4-5-3-1;3*1-2/h1-3H;3*2H2,1H3. The van der Waals surface area contributed by atoms with Gasteiger partial charge in [-0.15, -0.1) is 0 Å². The highest BCUT2D eigenvalue weighted by Gasteiger charge is 1.72. The van der Waals surface area contributed by atoms with Crippen molar-refractivity contribution in [3.8, 4) is 0 Å². The molecule has 6 N–H and O–H groups in total. The molecule has 0 saturated heterocycles. The summed E-state index contributed by atoms with van der Waals surface area (Å²) in [6.07, 6.45) is 5.06. The van der Waals surface area contributed by atoms with Crippen LogP contribution < -0.4 is 22.6 Å². The molecule has 0 saturated carbocycles. The molecule has 0 aliphatic carbocycles. The Bertz CT molecular complexity index is 69.0. The molecule has 0 spiro atoms. The Morgan fingerprint density at radius 2 is 1.36 bits per heavy atom. The third-order valence-corrected chi connectivity index (χ3v) is 0.372. The quantitative estimate of drug-likeness (QED) is 0.415. The van der Waals surface area contributed by atoms with Crippen LogP contribution in [-0.4, -0.2) is 27.4 Å². The first-order valence-corrected chi connectivity index (χ1v) is 3.12. The number of nitrogens with two attached hydrogens (primary N) is 3. The van der Waals surface area contributed by atoms with Crippen molar-refractivity contribution < 1.29 is 0 Å². The molecule has 11 heavy (non-hydrogen) atoms. The zero-order chi connectivity index (χ0) is 9.54. The molecule has 0 aromatic carbocycles. The summed E-state index contributed by atoms with van der Waals surface area (Å²) in [5.74, 6) is 0. The van der Waals surface area contributed by atoms with Gasteiger partial charge in [-0.1, -0.05) is 0 Å². The molecule has 0 aromatic rings. The number of nitrogens with zero attached hydrogens (tertiary/aromatic N) is 2. The van der Waals surface area contributed by atoms with E-state index in [4.69, 9.17) is 0 Å². The molecular weight excluding hydrogens is 142 g/mol. The molecule has 0 atom stereocenters. The van der Waals surface area contributed by atoms with Crippen molar-refractivity contribution in [2.75, 3.05) is 21.1 Å². The van der Waals surface area contributed by atoms with E-state index >= 15 is 0 Å². The van der Waals surface area contributed by atoms with Gasteiger partial charge in [-0.3, -0.25) is 0 Å². The number of rotatable bonds is 0. The van der Waals surface area contributed by atoms with Crippen molar-refractivity contribution in [1.82, 2.24) is 5.43 Å². The lowest BCUT2D eigenvalue weighted by molar-refractivity contribution is 0.977. The van der Waals surface area contributed by atoms with Crippen LogP contribution >= 0.6 is 0 Å². The van der Waals surface area contributed by atoms with E-state index in [0.717, 1.165) is 0 Å². The number of hydrogen-bond donors (Lipinski definition) is 3. The topological polar surface area (TPSA) is 105 Å². The van der Waals surface area contributed by atoms with Crippen molar-refractivity contribution in [3.05, 3.63) is 12.3 Å². The lowest BCUT2D eigenvalue weighted by Gasteiger charge is -1.62. The van der Waals surface area contributed by atoms with Crippen LogP contribution in [0, 0.1) is 0 Å². The van der Waals surface area contributed by atoms with Gasteiger partial charge < -0.3 is 17.2 Å². The van der Waals surface area contributed by atoms with Crippen molar-refractivity contribution in [3.63, 3.8) is 0 Å². The minimum Gasteiger partial charge on any atom is -0.333 e. The van der Waals surface area contributed by atoms with E-state index < -0.39 is 0 Å². The predicted molar refractivity (Wildman–Crippen MR) is 50.1 cm³/mol. The first kappa shape index (κ1) is 16.6. The van der Waals surface area contributed by atoms with Crippen LogP contribution in [0.15, 0.2) is 17.4 Å². The molecule has 5 nitrogen and oxygen atoms in total. The van der Waals surface area contributed by atoms with Gasteiger partial charge in [-0.2, -0.15) is 10.5 Å². The molecule has 0 bridgehead atoms. The fourth-order valence-electron chi connectivity index (χ4n) is 0.192. The maximum absolute atomic E-state index is 4.50. The van der Waals surface area contributed by atoms with Gasteiger partial charge in [0.05, 0.1) is 12.4 Å². The van der Waals surface area contributed by atoms with Crippen molar-refractivity contribution in [1.29, 1.82) is 0 Å². The third kappa shape index (κ3) is 27.3. The molecule has 0 fully saturated rings. The second-order valence-electron chi connectivity index (χ2n) is 0.722. The number of allylic oxidation sites excluding steroid dienone is 1. The van der Waals surface area contributed by atoms with Crippen LogP contribution in [0.5, 0.6) is 0 Å². The molecule has 5 heteroatoms. The van der Waals surface area contributed by atoms with Crippen LogP contribution in [0.25, 0.3) is 0 Å². The second kappa shape index (κ2) is 35.6. The molecule has 0 unspecified atom stereocenters. The molecule has 67 valence electrons. The van der Waals surface area contributed by atoms with Crippen molar-refractivity contribution >= 4 is 6.21 Å². The minimum absolute atomic E-state index is 1.50. The van der Waals surface area contributed by atoms with Crippen molar-refractivity contribution in [2.24, 2.45) is 22.3 Å². The first-order valence-electron chi connectivity index (χ1n) is 3.12. The van der Waals surface area contributed by atoms with Crippen LogP contribution in [-0.2, 0) is 0 Å². The first-order chi connectivity index (χ1) is 5.50. The van der Waals surface area contributed by atoms with Crippen molar-refractivity contribution in [2.45, 2.75) is 0 Å². The summed E-state index contributed by atoms with van der Waals surface area (Å²) in [7, 11) is 4.50. The summed E-state index contributed by atoms with van der Waals surface area (Å²) < 4.78 is 0. The molecule has 1 rings (SSSR count). The summed E-state index contributed by atoms with van der Waals surface area (Å²) in [4.78, 5) is 0. The lowest BCUT2D eigenvalue weighted by atomic mass is 10.7. The van der Waals surface area contributed by atoms with Gasteiger partial charge in [-0.25, -0.2) is 0 Å². The molecular formula is C6H18N5. The Morgan fingerprint density at radius 1 is 0.909 bits per heavy atom. The van der Waals surface area contributed by atoms with Gasteiger partial charge in [-0.05, 0) is 27.2 Å². The molecule has 1 aliphatic rings. The second-order valence-corrected chi connectivity index (χ2v) is 0.722. The van der Waals surface area contributed by atoms with Gasteiger partial charge in [0.1, 0.15) is 0 Å². The Morgan fingerprint density at radius 3 is 1.45 bits per heavy atom. The smallest absolute Gasteiger partial charge is 0.0511 e. The highest BCUT2D eigenvalue weighted by Crippen LogP contribution is 1.73. The summed E-state index contributed by atoms with van der Waals surface area (Å²) in [6, 6.07) is 0.